The molecular formula is C59H81N7O16S. The summed E-state index contributed by atoms with van der Waals surface area (Å²) in [5.74, 6) is -4.41. The van der Waals surface area contributed by atoms with Crippen molar-refractivity contribution in [2.24, 2.45) is 46.7 Å². The minimum Gasteiger partial charge on any atom is -0.445 e. The highest BCUT2D eigenvalue weighted by molar-refractivity contribution is 8.00. The molecule has 2 unspecified atom stereocenters. The summed E-state index contributed by atoms with van der Waals surface area (Å²) in [6.07, 6.45) is 8.72. The molecule has 1 aromatic carbocycles. The van der Waals surface area contributed by atoms with Crippen LogP contribution in [0.3, 0.4) is 0 Å². The maximum absolute atomic E-state index is 14.3. The maximum Gasteiger partial charge on any atom is 0.407 e. The number of anilines is 1. The Kier molecular flexibility index (Phi) is 22.3. The Balaban J connectivity index is 0.822. The fourth-order valence-electron chi connectivity index (χ4n) is 13.2. The number of amides is 8. The number of rotatable bonds is 29. The lowest BCUT2D eigenvalue weighted by Gasteiger charge is -2.56. The van der Waals surface area contributed by atoms with Crippen molar-refractivity contribution >= 4 is 82.4 Å². The molecule has 8 N–H and O–H groups in total. The van der Waals surface area contributed by atoms with Crippen molar-refractivity contribution < 1.29 is 76.8 Å². The van der Waals surface area contributed by atoms with Gasteiger partial charge in [0, 0.05) is 61.2 Å². The number of urea groups is 1. The number of alkyl carbamates (subject to hydrolysis) is 2. The highest BCUT2D eigenvalue weighted by Crippen LogP contribution is 2.65. The Morgan fingerprint density at radius 1 is 0.928 bits per heavy atom. The van der Waals surface area contributed by atoms with Crippen LogP contribution in [-0.4, -0.2) is 149 Å². The molecule has 2 heterocycles. The largest absolute Gasteiger partial charge is 0.445 e. The van der Waals surface area contributed by atoms with Gasteiger partial charge in [0.1, 0.15) is 6.61 Å². The molecule has 23 nitrogen and oxygen atoms in total. The van der Waals surface area contributed by atoms with Crippen molar-refractivity contribution in [3.8, 4) is 0 Å². The zero-order valence-corrected chi connectivity index (χ0v) is 48.9. The monoisotopic (exact) mass is 1180 g/mol. The number of likely N-dealkylation sites (tertiary alicyclic amines) is 1. The van der Waals surface area contributed by atoms with Gasteiger partial charge in [-0.15, -0.1) is 0 Å². The quantitative estimate of drug-likeness (QED) is 0.0422. The van der Waals surface area contributed by atoms with E-state index >= 15 is 0 Å². The number of Topliss-reactive ketones (excluding diaryl/α,β-unsaturated/α-hetero) is 3. The lowest BCUT2D eigenvalue weighted by Crippen LogP contribution is -2.58. The maximum atomic E-state index is 14.3. The number of fused-ring (bicyclic) bond motifs is 7. The Morgan fingerprint density at radius 3 is 2.33 bits per heavy atom. The van der Waals surface area contributed by atoms with E-state index in [0.717, 1.165) is 18.4 Å². The third kappa shape index (κ3) is 15.6. The number of carbonyl (C=O) groups excluding carboxylic acids is 11. The number of ether oxygens (including phenoxy) is 4. The van der Waals surface area contributed by atoms with Gasteiger partial charge in [-0.3, -0.25) is 43.3 Å². The minimum atomic E-state index is -1.45. The number of nitrogens with one attached hydrogen (secondary N) is 5. The average molecular weight is 1180 g/mol. The third-order valence-electron chi connectivity index (χ3n) is 17.3. The number of primary amides is 1. The lowest BCUT2D eigenvalue weighted by atomic mass is 9.49. The average Bonchev–Trinajstić information content (AvgIpc) is 1.70. The number of aliphatic hydroxyl groups is 1. The molecular weight excluding hydrogens is 1090 g/mol. The van der Waals surface area contributed by atoms with Gasteiger partial charge in [-0.25, -0.2) is 14.4 Å². The van der Waals surface area contributed by atoms with Gasteiger partial charge in [0.2, 0.25) is 29.4 Å². The van der Waals surface area contributed by atoms with Crippen molar-refractivity contribution in [2.45, 2.75) is 160 Å². The van der Waals surface area contributed by atoms with Gasteiger partial charge in [-0.05, 0) is 112 Å². The SMILES string of the molecule is CCCC1O[C@@H]2C[C@H]3[C@@H]4CCC5=CC(=O)C=C[C@]5(C)[C@H]4[C@@H](O)C[C@@H]3[C@]2(C(=O)COC(=O)NCC(=O)CNC(=O)OCc2ccc(NC(=O)[C@H](CCCNC(N)=O)CC(=O)[C@@H](NC(=O)CCCCCN3C(=O)CC(SC)C3=O)C(C)C)cc2)O1. The van der Waals surface area contributed by atoms with Gasteiger partial charge in [-0.1, -0.05) is 64.3 Å². The number of imide groups is 1. The number of aliphatic hydroxyl groups excluding tert-OH is 1. The summed E-state index contributed by atoms with van der Waals surface area (Å²) in [4.78, 5) is 142. The number of carbonyl (C=O) groups is 11. The second-order valence-corrected chi connectivity index (χ2v) is 24.2. The van der Waals surface area contributed by atoms with Gasteiger partial charge in [0.05, 0.1) is 36.6 Å². The molecule has 6 aliphatic rings. The lowest BCUT2D eigenvalue weighted by molar-refractivity contribution is -0.174. The first-order chi connectivity index (χ1) is 39.6. The number of thioether (sulfide) groups is 1. The Hall–Kier alpha value is -6.50. The predicted octanol–water partition coefficient (Wildman–Crippen LogP) is 4.71. The van der Waals surface area contributed by atoms with E-state index in [0.29, 0.717) is 62.7 Å². The molecule has 4 aliphatic carbocycles. The molecule has 3 saturated carbocycles. The molecule has 7 rings (SSSR count). The summed E-state index contributed by atoms with van der Waals surface area (Å²) < 4.78 is 23.5. The van der Waals surface area contributed by atoms with Crippen LogP contribution in [0.4, 0.5) is 20.1 Å². The molecule has 8 amide bonds. The van der Waals surface area contributed by atoms with Crippen LogP contribution in [-0.2, 0) is 63.9 Å². The van der Waals surface area contributed by atoms with E-state index in [9.17, 15) is 57.8 Å². The Morgan fingerprint density at radius 2 is 1.65 bits per heavy atom. The zero-order valence-electron chi connectivity index (χ0n) is 48.0. The number of unbranched alkanes of at least 4 members (excludes halogenated alkanes) is 2. The van der Waals surface area contributed by atoms with Crippen molar-refractivity contribution in [3.05, 3.63) is 53.6 Å². The van der Waals surface area contributed by atoms with Gasteiger partial charge in [0.25, 0.3) is 0 Å². The highest BCUT2D eigenvalue weighted by Gasteiger charge is 2.70. The first-order valence-corrected chi connectivity index (χ1v) is 30.3. The smallest absolute Gasteiger partial charge is 0.407 e. The van der Waals surface area contributed by atoms with Gasteiger partial charge >= 0.3 is 18.2 Å². The second-order valence-electron chi connectivity index (χ2n) is 23.2. The summed E-state index contributed by atoms with van der Waals surface area (Å²) in [6.45, 7) is 6.15. The number of hydrogen-bond acceptors (Lipinski definition) is 17. The second kappa shape index (κ2) is 28.9. The molecule has 1 aromatic rings. The number of ketones is 4. The van der Waals surface area contributed by atoms with Crippen molar-refractivity contribution in [1.29, 1.82) is 0 Å². The molecule has 2 saturated heterocycles. The van der Waals surface area contributed by atoms with Gasteiger partial charge in [-0.2, -0.15) is 11.8 Å². The number of allylic oxidation sites excluding steroid dienone is 4. The summed E-state index contributed by atoms with van der Waals surface area (Å²) >= 11 is 1.35. The molecule has 0 aromatic heterocycles. The van der Waals surface area contributed by atoms with E-state index in [1.54, 1.807) is 56.5 Å². The molecule has 5 fully saturated rings. The van der Waals surface area contributed by atoms with Crippen LogP contribution in [0.2, 0.25) is 0 Å². The zero-order chi connectivity index (χ0) is 60.2. The molecule has 2 aliphatic heterocycles. The molecule has 454 valence electrons. The van der Waals surface area contributed by atoms with Crippen LogP contribution in [0.5, 0.6) is 0 Å². The fourth-order valence-corrected chi connectivity index (χ4v) is 13.8. The molecule has 12 atom stereocenters. The predicted molar refractivity (Wildman–Crippen MR) is 303 cm³/mol. The van der Waals surface area contributed by atoms with E-state index < -0.39 is 103 Å². The van der Waals surface area contributed by atoms with E-state index in [1.807, 2.05) is 13.0 Å². The van der Waals surface area contributed by atoms with Crippen LogP contribution in [0.1, 0.15) is 123 Å². The van der Waals surface area contributed by atoms with Gasteiger partial charge in [0.15, 0.2) is 35.8 Å². The van der Waals surface area contributed by atoms with Crippen LogP contribution in [0.25, 0.3) is 0 Å². The molecule has 24 heteroatoms. The summed E-state index contributed by atoms with van der Waals surface area (Å²) in [6, 6.07) is 4.72. The Bertz CT molecular complexity index is 2680. The number of nitrogens with two attached hydrogens (primary N) is 1. The highest BCUT2D eigenvalue weighted by atomic mass is 32.2. The van der Waals surface area contributed by atoms with Crippen molar-refractivity contribution in [2.75, 3.05) is 44.4 Å². The van der Waals surface area contributed by atoms with Crippen molar-refractivity contribution in [3.63, 3.8) is 0 Å². The standard InChI is InChI=1S/C59H81N7O16S/c1-6-11-50-81-47-26-41-40-19-16-36-25-38(67)20-21-58(36,4)51(40)43(69)27-42(41)59(47,82-50)46(71)32-80-57(78)63-30-39(68)29-62-56(77)79-31-34-14-17-37(18-15-34)64-53(74)35(12-10-22-61-55(60)76)24-44(70)52(33(2)3)65-48(72)13-8-7-9-23-66-49(73)28-45(83-5)54(66)75/h14-15,17-18,20-21,25,33,35,40-43,45,47,50-52,69H,6-13,16,19,22-24,26-32H2,1-5H3,(H,62,77)(H,63,78)(H,64,74)(H,65,72)(H3,60,61,76)/t35-,40+,41+,42+,43+,45?,47-,50?,51-,52+,58+,59-/m1/s1. The minimum absolute atomic E-state index is 0.0222. The normalized spacial score (nSPS) is 27.5. The van der Waals surface area contributed by atoms with E-state index in [-0.39, 0.29) is 103 Å². The van der Waals surface area contributed by atoms with E-state index in [1.165, 1.54) is 16.7 Å². The molecule has 0 radical (unpaired) electrons. The van der Waals surface area contributed by atoms with Gasteiger partial charge < -0.3 is 56.4 Å². The molecule has 83 heavy (non-hydrogen) atoms. The van der Waals surface area contributed by atoms with E-state index in [2.05, 4.69) is 33.5 Å². The van der Waals surface area contributed by atoms with E-state index in [4.69, 9.17) is 24.7 Å². The van der Waals surface area contributed by atoms with Crippen LogP contribution < -0.4 is 32.3 Å². The van der Waals surface area contributed by atoms with Crippen molar-refractivity contribution in [1.82, 2.24) is 26.2 Å². The van der Waals surface area contributed by atoms with Crippen LogP contribution in [0, 0.1) is 40.9 Å². The van der Waals surface area contributed by atoms with Crippen LogP contribution >= 0.6 is 11.8 Å². The topological polar surface area (TPSA) is 334 Å². The summed E-state index contributed by atoms with van der Waals surface area (Å²) in [5.41, 5.74) is 5.18. The molecule has 0 bridgehead atoms. The third-order valence-corrected chi connectivity index (χ3v) is 18.3. The summed E-state index contributed by atoms with van der Waals surface area (Å²) in [5, 5.41) is 24.2. The van der Waals surface area contributed by atoms with Crippen LogP contribution in [0.15, 0.2) is 48.1 Å². The molecule has 0 spiro atoms. The first-order valence-electron chi connectivity index (χ1n) is 29.0. The number of hydrogen-bond donors (Lipinski definition) is 7. The Labute approximate surface area is 487 Å². The first kappa shape index (κ1) is 64.1. The summed E-state index contributed by atoms with van der Waals surface area (Å²) in [7, 11) is 0. The number of benzene rings is 1. The fraction of sp³-hybridized carbons (Fsp3) is 0.644. The number of nitrogens with zero attached hydrogens (tertiary/aromatic N) is 1.